The Bertz CT molecular complexity index is 502. The maximum absolute atomic E-state index is 5.74. The average molecular weight is 347 g/mol. The van der Waals surface area contributed by atoms with Crippen LogP contribution in [-0.2, 0) is 11.3 Å². The second-order valence-corrected chi connectivity index (χ2v) is 6.38. The van der Waals surface area contributed by atoms with Crippen molar-refractivity contribution in [3.63, 3.8) is 0 Å². The summed E-state index contributed by atoms with van der Waals surface area (Å²) in [5.74, 6) is 1.03. The largest absolute Gasteiger partial charge is 0.375 e. The van der Waals surface area contributed by atoms with Gasteiger partial charge in [-0.3, -0.25) is 9.89 Å². The molecule has 2 rings (SSSR count). The molecule has 1 aromatic rings. The van der Waals surface area contributed by atoms with Gasteiger partial charge in [0.25, 0.3) is 0 Å². The fourth-order valence-corrected chi connectivity index (χ4v) is 3.38. The van der Waals surface area contributed by atoms with Crippen LogP contribution < -0.4 is 5.32 Å². The van der Waals surface area contributed by atoms with Crippen molar-refractivity contribution in [2.75, 3.05) is 45.9 Å². The molecule has 0 saturated carbocycles. The lowest BCUT2D eigenvalue weighted by molar-refractivity contribution is 0.128. The molecule has 1 atom stereocenters. The highest BCUT2D eigenvalue weighted by atomic mass is 16.5. The quantitative estimate of drug-likeness (QED) is 0.424. The van der Waals surface area contributed by atoms with Crippen molar-refractivity contribution in [3.05, 3.63) is 35.9 Å². The van der Waals surface area contributed by atoms with E-state index < -0.39 is 0 Å². The van der Waals surface area contributed by atoms with E-state index in [9.17, 15) is 0 Å². The molecule has 1 unspecified atom stereocenters. The second-order valence-electron chi connectivity index (χ2n) is 6.38. The molecule has 5 heteroatoms. The Hall–Kier alpha value is -1.59. The topological polar surface area (TPSA) is 40.1 Å². The molecule has 0 bridgehead atoms. The molecular weight excluding hydrogens is 312 g/mol. The van der Waals surface area contributed by atoms with E-state index in [0.29, 0.717) is 25.8 Å². The number of nitrogens with zero attached hydrogens (tertiary/aromatic N) is 3. The van der Waals surface area contributed by atoms with Crippen LogP contribution in [0.25, 0.3) is 0 Å². The highest BCUT2D eigenvalue weighted by Gasteiger charge is 2.27. The predicted octanol–water partition coefficient (Wildman–Crippen LogP) is 2.58. The number of hydrogen-bond donors (Lipinski definition) is 1. The fraction of sp³-hybridized carbons (Fsp3) is 0.650. The average Bonchev–Trinajstić information content (AvgIpc) is 3.12. The second kappa shape index (κ2) is 11.1. The number of rotatable bonds is 9. The Kier molecular flexibility index (Phi) is 8.77. The Morgan fingerprint density at radius 2 is 2.00 bits per heavy atom. The van der Waals surface area contributed by atoms with E-state index in [-0.39, 0.29) is 0 Å². The number of likely N-dealkylation sites (tertiary alicyclic amines) is 1. The van der Waals surface area contributed by atoms with Crippen LogP contribution in [-0.4, -0.2) is 67.7 Å². The standard InChI is InChI=1S/C20H34N4O/c1-4-21-20(24-14-12-19(16-24)23(5-2)6-3)22-13-15-25-17-18-10-8-7-9-11-18/h7-11,19H,4-6,12-17H2,1-3H3,(H,21,22). The minimum Gasteiger partial charge on any atom is -0.375 e. The Labute approximate surface area is 153 Å². The minimum absolute atomic E-state index is 0.646. The van der Waals surface area contributed by atoms with Gasteiger partial charge in [-0.05, 0) is 32.0 Å². The summed E-state index contributed by atoms with van der Waals surface area (Å²) in [6.07, 6.45) is 1.22. The third-order valence-electron chi connectivity index (χ3n) is 4.74. The number of ether oxygens (including phenoxy) is 1. The van der Waals surface area contributed by atoms with Crippen LogP contribution in [0.3, 0.4) is 0 Å². The van der Waals surface area contributed by atoms with E-state index >= 15 is 0 Å². The number of benzene rings is 1. The fourth-order valence-electron chi connectivity index (χ4n) is 3.38. The first-order valence-corrected chi connectivity index (χ1v) is 9.67. The minimum atomic E-state index is 0.646. The van der Waals surface area contributed by atoms with Gasteiger partial charge in [-0.1, -0.05) is 44.2 Å². The van der Waals surface area contributed by atoms with Crippen molar-refractivity contribution in [2.45, 2.75) is 39.8 Å². The summed E-state index contributed by atoms with van der Waals surface area (Å²) in [6.45, 7) is 13.9. The van der Waals surface area contributed by atoms with Crippen molar-refractivity contribution in [2.24, 2.45) is 4.99 Å². The summed E-state index contributed by atoms with van der Waals surface area (Å²) < 4.78 is 5.74. The normalized spacial score (nSPS) is 18.2. The van der Waals surface area contributed by atoms with Gasteiger partial charge in [0, 0.05) is 25.7 Å². The zero-order valence-electron chi connectivity index (χ0n) is 16.1. The first-order chi connectivity index (χ1) is 12.3. The molecule has 1 N–H and O–H groups in total. The van der Waals surface area contributed by atoms with Crippen molar-refractivity contribution >= 4 is 5.96 Å². The maximum atomic E-state index is 5.74. The summed E-state index contributed by atoms with van der Waals surface area (Å²) in [5, 5.41) is 3.43. The van der Waals surface area contributed by atoms with Crippen LogP contribution in [0.15, 0.2) is 35.3 Å². The molecule has 1 aliphatic rings. The first kappa shape index (κ1) is 19.7. The molecule has 0 radical (unpaired) electrons. The number of hydrogen-bond acceptors (Lipinski definition) is 3. The highest BCUT2D eigenvalue weighted by molar-refractivity contribution is 5.80. The Morgan fingerprint density at radius 1 is 1.24 bits per heavy atom. The molecule has 0 aromatic heterocycles. The van der Waals surface area contributed by atoms with E-state index in [0.717, 1.165) is 38.7 Å². The van der Waals surface area contributed by atoms with Gasteiger partial charge in [0.1, 0.15) is 0 Å². The van der Waals surface area contributed by atoms with E-state index in [4.69, 9.17) is 9.73 Å². The third kappa shape index (κ3) is 6.33. The molecule has 1 heterocycles. The number of nitrogens with one attached hydrogen (secondary N) is 1. The number of aliphatic imine (C=N–C) groups is 1. The van der Waals surface area contributed by atoms with Crippen molar-refractivity contribution < 1.29 is 4.74 Å². The first-order valence-electron chi connectivity index (χ1n) is 9.67. The Balaban J connectivity index is 1.78. The van der Waals surface area contributed by atoms with E-state index in [2.05, 4.69) is 48.0 Å². The monoisotopic (exact) mass is 346 g/mol. The molecule has 1 fully saturated rings. The van der Waals surface area contributed by atoms with Gasteiger partial charge < -0.3 is 15.0 Å². The molecule has 0 spiro atoms. The van der Waals surface area contributed by atoms with Crippen molar-refractivity contribution in [3.8, 4) is 0 Å². The molecule has 1 aliphatic heterocycles. The number of likely N-dealkylation sites (N-methyl/N-ethyl adjacent to an activating group) is 1. The predicted molar refractivity (Wildman–Crippen MR) is 105 cm³/mol. The van der Waals surface area contributed by atoms with Crippen LogP contribution >= 0.6 is 0 Å². The number of guanidine groups is 1. The lowest BCUT2D eigenvalue weighted by Crippen LogP contribution is -2.43. The molecule has 1 aromatic carbocycles. The highest BCUT2D eigenvalue weighted by Crippen LogP contribution is 2.15. The van der Waals surface area contributed by atoms with Crippen molar-refractivity contribution in [1.82, 2.24) is 15.1 Å². The zero-order valence-corrected chi connectivity index (χ0v) is 16.1. The molecule has 1 saturated heterocycles. The smallest absolute Gasteiger partial charge is 0.194 e. The molecule has 25 heavy (non-hydrogen) atoms. The SMILES string of the molecule is CCNC(=NCCOCc1ccccc1)N1CCC(N(CC)CC)C1. The summed E-state index contributed by atoms with van der Waals surface area (Å²) in [6, 6.07) is 10.9. The molecule has 0 aliphatic carbocycles. The van der Waals surface area contributed by atoms with Gasteiger partial charge in [0.05, 0.1) is 19.8 Å². The Morgan fingerprint density at radius 3 is 2.68 bits per heavy atom. The van der Waals surface area contributed by atoms with Crippen LogP contribution in [0.5, 0.6) is 0 Å². The lowest BCUT2D eigenvalue weighted by atomic mass is 10.2. The van der Waals surface area contributed by atoms with Gasteiger partial charge >= 0.3 is 0 Å². The van der Waals surface area contributed by atoms with Crippen LogP contribution in [0.1, 0.15) is 32.8 Å². The lowest BCUT2D eigenvalue weighted by Gasteiger charge is -2.27. The maximum Gasteiger partial charge on any atom is 0.194 e. The molecule has 0 amide bonds. The van der Waals surface area contributed by atoms with Crippen LogP contribution in [0.2, 0.25) is 0 Å². The van der Waals surface area contributed by atoms with Crippen LogP contribution in [0, 0.1) is 0 Å². The summed E-state index contributed by atoms with van der Waals surface area (Å²) in [7, 11) is 0. The zero-order chi connectivity index (χ0) is 17.9. The molecule has 140 valence electrons. The summed E-state index contributed by atoms with van der Waals surface area (Å²) in [4.78, 5) is 9.70. The van der Waals surface area contributed by atoms with Gasteiger partial charge in [0.2, 0.25) is 0 Å². The van der Waals surface area contributed by atoms with Crippen molar-refractivity contribution in [1.29, 1.82) is 0 Å². The van der Waals surface area contributed by atoms with E-state index in [1.807, 2.05) is 18.2 Å². The van der Waals surface area contributed by atoms with E-state index in [1.54, 1.807) is 0 Å². The van der Waals surface area contributed by atoms with Gasteiger partial charge in [-0.15, -0.1) is 0 Å². The third-order valence-corrected chi connectivity index (χ3v) is 4.74. The summed E-state index contributed by atoms with van der Waals surface area (Å²) in [5.41, 5.74) is 1.21. The molecular formula is C20H34N4O. The summed E-state index contributed by atoms with van der Waals surface area (Å²) >= 11 is 0. The van der Waals surface area contributed by atoms with E-state index in [1.165, 1.54) is 12.0 Å². The molecule has 5 nitrogen and oxygen atoms in total. The van der Waals surface area contributed by atoms with Crippen LogP contribution in [0.4, 0.5) is 0 Å². The van der Waals surface area contributed by atoms with Gasteiger partial charge in [-0.2, -0.15) is 0 Å². The van der Waals surface area contributed by atoms with Gasteiger partial charge in [0.15, 0.2) is 5.96 Å². The van der Waals surface area contributed by atoms with Gasteiger partial charge in [-0.25, -0.2) is 0 Å².